The van der Waals surface area contributed by atoms with E-state index in [2.05, 4.69) is 15.3 Å². The van der Waals surface area contributed by atoms with Gasteiger partial charge < -0.3 is 16.2 Å². The van der Waals surface area contributed by atoms with Crippen molar-refractivity contribution in [3.63, 3.8) is 0 Å². The zero-order valence-corrected chi connectivity index (χ0v) is 11.8. The quantitative estimate of drug-likeness (QED) is 0.745. The summed E-state index contributed by atoms with van der Waals surface area (Å²) in [5, 5.41) is 12.3. The van der Waals surface area contributed by atoms with Gasteiger partial charge in [-0.2, -0.15) is 0 Å². The lowest BCUT2D eigenvalue weighted by atomic mass is 10.1. The van der Waals surface area contributed by atoms with Gasteiger partial charge in [-0.05, 0) is 18.6 Å². The average Bonchev–Trinajstić information content (AvgIpc) is 2.53. The highest BCUT2D eigenvalue weighted by atomic mass is 16.3. The maximum Gasteiger partial charge on any atom is 0.248 e. The molecule has 0 saturated carbocycles. The van der Waals surface area contributed by atoms with E-state index < -0.39 is 5.91 Å². The Kier molecular flexibility index (Phi) is 4.84. The summed E-state index contributed by atoms with van der Waals surface area (Å²) in [6.45, 7) is 2.00. The van der Waals surface area contributed by atoms with E-state index in [-0.39, 0.29) is 12.6 Å². The Morgan fingerprint density at radius 1 is 1.43 bits per heavy atom. The minimum absolute atomic E-state index is 0.0273. The number of carbonyl (C=O) groups excluding carboxylic acids is 1. The molecule has 1 aromatic heterocycles. The van der Waals surface area contributed by atoms with Gasteiger partial charge in [0.25, 0.3) is 0 Å². The van der Waals surface area contributed by atoms with Gasteiger partial charge in [-0.25, -0.2) is 4.98 Å². The van der Waals surface area contributed by atoms with Gasteiger partial charge in [-0.15, -0.1) is 0 Å². The predicted molar refractivity (Wildman–Crippen MR) is 80.8 cm³/mol. The average molecular weight is 286 g/mol. The molecule has 0 spiro atoms. The molecule has 6 heteroatoms. The Morgan fingerprint density at radius 3 is 2.90 bits per heavy atom. The summed E-state index contributed by atoms with van der Waals surface area (Å²) in [4.78, 5) is 19.8. The third-order valence-electron chi connectivity index (χ3n) is 3.14. The van der Waals surface area contributed by atoms with Crippen LogP contribution in [0.15, 0.2) is 36.7 Å². The number of nitrogens with one attached hydrogen (secondary N) is 1. The Hall–Kier alpha value is -2.47. The molecule has 4 N–H and O–H groups in total. The van der Waals surface area contributed by atoms with Crippen molar-refractivity contribution in [3.8, 4) is 11.3 Å². The molecular formula is C15H18N4O2. The van der Waals surface area contributed by atoms with Crippen molar-refractivity contribution in [2.45, 2.75) is 19.4 Å². The van der Waals surface area contributed by atoms with Crippen LogP contribution in [0.3, 0.4) is 0 Å². The molecule has 2 aromatic rings. The number of nitrogens with zero attached hydrogens (tertiary/aromatic N) is 2. The molecule has 1 amide bonds. The number of carbonyl (C=O) groups is 1. The second-order valence-corrected chi connectivity index (χ2v) is 4.67. The zero-order valence-electron chi connectivity index (χ0n) is 11.8. The lowest BCUT2D eigenvalue weighted by molar-refractivity contribution is 0.100. The van der Waals surface area contributed by atoms with Crippen molar-refractivity contribution < 1.29 is 9.90 Å². The highest BCUT2D eigenvalue weighted by molar-refractivity contribution is 5.93. The molecule has 0 fully saturated rings. The molecule has 21 heavy (non-hydrogen) atoms. The third-order valence-corrected chi connectivity index (χ3v) is 3.14. The fraction of sp³-hybridized carbons (Fsp3) is 0.267. The van der Waals surface area contributed by atoms with Gasteiger partial charge in [0.15, 0.2) is 0 Å². The second-order valence-electron chi connectivity index (χ2n) is 4.67. The minimum atomic E-state index is -0.481. The van der Waals surface area contributed by atoms with E-state index in [4.69, 9.17) is 5.73 Å². The van der Waals surface area contributed by atoms with Gasteiger partial charge in [0.1, 0.15) is 5.82 Å². The highest BCUT2D eigenvalue weighted by Gasteiger charge is 2.08. The third kappa shape index (κ3) is 3.76. The smallest absolute Gasteiger partial charge is 0.248 e. The first-order valence-electron chi connectivity index (χ1n) is 6.73. The molecule has 0 radical (unpaired) electrons. The van der Waals surface area contributed by atoms with Crippen molar-refractivity contribution >= 4 is 11.7 Å². The van der Waals surface area contributed by atoms with Crippen LogP contribution in [0, 0.1) is 0 Å². The first-order chi connectivity index (χ1) is 10.1. The fourth-order valence-electron chi connectivity index (χ4n) is 1.89. The largest absolute Gasteiger partial charge is 0.394 e. The number of benzene rings is 1. The van der Waals surface area contributed by atoms with Crippen LogP contribution in [0.25, 0.3) is 11.3 Å². The van der Waals surface area contributed by atoms with E-state index in [1.54, 1.807) is 30.6 Å². The van der Waals surface area contributed by atoms with E-state index in [1.165, 1.54) is 0 Å². The van der Waals surface area contributed by atoms with Gasteiger partial charge in [-0.3, -0.25) is 9.78 Å². The number of primary amides is 1. The van der Waals surface area contributed by atoms with Crippen LogP contribution in [-0.2, 0) is 0 Å². The Balaban J connectivity index is 2.28. The molecule has 0 bridgehead atoms. The van der Waals surface area contributed by atoms with Crippen molar-refractivity contribution in [2.75, 3.05) is 11.9 Å². The predicted octanol–water partition coefficient (Wildman–Crippen LogP) is 1.43. The molecule has 0 aliphatic rings. The summed E-state index contributed by atoms with van der Waals surface area (Å²) in [7, 11) is 0. The first kappa shape index (κ1) is 14.9. The maximum absolute atomic E-state index is 11.2. The molecule has 2 rings (SSSR count). The molecule has 1 heterocycles. The van der Waals surface area contributed by atoms with E-state index >= 15 is 0 Å². The number of aliphatic hydroxyl groups excluding tert-OH is 1. The van der Waals surface area contributed by atoms with Crippen LogP contribution in [0.1, 0.15) is 23.7 Å². The SMILES string of the molecule is CCC(CO)Nc1cncc(-c2cccc(C(N)=O)c2)n1. The van der Waals surface area contributed by atoms with Gasteiger partial charge in [-0.1, -0.05) is 19.1 Å². The van der Waals surface area contributed by atoms with E-state index in [1.807, 2.05) is 13.0 Å². The Labute approximate surface area is 123 Å². The monoisotopic (exact) mass is 286 g/mol. The van der Waals surface area contributed by atoms with Gasteiger partial charge in [0.2, 0.25) is 5.91 Å². The maximum atomic E-state index is 11.2. The summed E-state index contributed by atoms with van der Waals surface area (Å²) >= 11 is 0. The molecule has 1 unspecified atom stereocenters. The zero-order chi connectivity index (χ0) is 15.2. The topological polar surface area (TPSA) is 101 Å². The molecule has 6 nitrogen and oxygen atoms in total. The summed E-state index contributed by atoms with van der Waals surface area (Å²) in [6, 6.07) is 6.86. The fourth-order valence-corrected chi connectivity index (χ4v) is 1.89. The van der Waals surface area contributed by atoms with E-state index in [0.29, 0.717) is 17.1 Å². The number of aromatic nitrogens is 2. The van der Waals surface area contributed by atoms with E-state index in [0.717, 1.165) is 12.0 Å². The van der Waals surface area contributed by atoms with Crippen LogP contribution >= 0.6 is 0 Å². The molecule has 1 aromatic carbocycles. The number of amides is 1. The lowest BCUT2D eigenvalue weighted by Gasteiger charge is -2.14. The highest BCUT2D eigenvalue weighted by Crippen LogP contribution is 2.19. The van der Waals surface area contributed by atoms with Gasteiger partial charge in [0.05, 0.1) is 30.7 Å². The summed E-state index contributed by atoms with van der Waals surface area (Å²) in [5.41, 5.74) is 7.10. The number of aliphatic hydroxyl groups is 1. The number of nitrogens with two attached hydrogens (primary N) is 1. The summed E-state index contributed by atoms with van der Waals surface area (Å²) in [5.74, 6) is 0.100. The lowest BCUT2D eigenvalue weighted by Crippen LogP contribution is -2.23. The minimum Gasteiger partial charge on any atom is -0.394 e. The van der Waals surface area contributed by atoms with Crippen LogP contribution < -0.4 is 11.1 Å². The molecular weight excluding hydrogens is 268 g/mol. The number of anilines is 1. The molecule has 1 atom stereocenters. The van der Waals surface area contributed by atoms with Crippen LogP contribution in [-0.4, -0.2) is 33.6 Å². The Bertz CT molecular complexity index is 627. The summed E-state index contributed by atoms with van der Waals surface area (Å²) < 4.78 is 0. The summed E-state index contributed by atoms with van der Waals surface area (Å²) in [6.07, 6.45) is 3.99. The van der Waals surface area contributed by atoms with Crippen LogP contribution in [0.4, 0.5) is 5.82 Å². The number of hydrogen-bond acceptors (Lipinski definition) is 5. The molecule has 0 aliphatic heterocycles. The Morgan fingerprint density at radius 2 is 2.24 bits per heavy atom. The first-order valence-corrected chi connectivity index (χ1v) is 6.73. The molecule has 0 aliphatic carbocycles. The molecule has 0 saturated heterocycles. The molecule has 110 valence electrons. The van der Waals surface area contributed by atoms with Gasteiger partial charge in [0, 0.05) is 11.1 Å². The van der Waals surface area contributed by atoms with Crippen molar-refractivity contribution in [3.05, 3.63) is 42.2 Å². The van der Waals surface area contributed by atoms with E-state index in [9.17, 15) is 9.90 Å². The number of hydrogen-bond donors (Lipinski definition) is 3. The number of rotatable bonds is 6. The van der Waals surface area contributed by atoms with Crippen LogP contribution in [0.2, 0.25) is 0 Å². The van der Waals surface area contributed by atoms with Crippen LogP contribution in [0.5, 0.6) is 0 Å². The van der Waals surface area contributed by atoms with Gasteiger partial charge >= 0.3 is 0 Å². The normalized spacial score (nSPS) is 11.9. The van der Waals surface area contributed by atoms with Crippen molar-refractivity contribution in [1.82, 2.24) is 9.97 Å². The van der Waals surface area contributed by atoms with Crippen molar-refractivity contribution in [2.24, 2.45) is 5.73 Å². The standard InChI is InChI=1S/C15H18N4O2/c1-2-12(9-20)18-14-8-17-7-13(19-14)10-4-3-5-11(6-10)15(16)21/h3-8,12,20H,2,9H2,1H3,(H2,16,21)(H,18,19). The second kappa shape index (κ2) is 6.81. The van der Waals surface area contributed by atoms with Crippen molar-refractivity contribution in [1.29, 1.82) is 0 Å².